The summed E-state index contributed by atoms with van der Waals surface area (Å²) in [7, 11) is 0. The summed E-state index contributed by atoms with van der Waals surface area (Å²) in [5.74, 6) is -0.429. The van der Waals surface area contributed by atoms with E-state index in [-0.39, 0.29) is 5.69 Å². The monoisotopic (exact) mass is 278 g/mol. The Bertz CT molecular complexity index is 273. The number of esters is 1. The molecule has 1 rings (SSSR count). The summed E-state index contributed by atoms with van der Waals surface area (Å²) in [6, 6.07) is 0. The van der Waals surface area contributed by atoms with Crippen LogP contribution in [0, 0.1) is 3.70 Å². The lowest BCUT2D eigenvalue weighted by molar-refractivity contribution is 0.0519. The Morgan fingerprint density at radius 3 is 2.83 bits per heavy atom. The maximum atomic E-state index is 11.0. The lowest BCUT2D eigenvalue weighted by Gasteiger charge is -1.98. The van der Waals surface area contributed by atoms with E-state index in [1.165, 1.54) is 12.4 Å². The fraction of sp³-hybridized carbons (Fsp3) is 0.286. The molecule has 0 spiro atoms. The molecule has 0 aromatic carbocycles. The fourth-order valence-corrected chi connectivity index (χ4v) is 0.901. The van der Waals surface area contributed by atoms with Crippen LogP contribution >= 0.6 is 22.6 Å². The van der Waals surface area contributed by atoms with Crippen molar-refractivity contribution in [3.8, 4) is 0 Å². The van der Waals surface area contributed by atoms with Crippen molar-refractivity contribution in [3.05, 3.63) is 21.8 Å². The maximum Gasteiger partial charge on any atom is 0.358 e. The van der Waals surface area contributed by atoms with Crippen molar-refractivity contribution in [1.29, 1.82) is 0 Å². The van der Waals surface area contributed by atoms with Crippen LogP contribution in [0.15, 0.2) is 12.4 Å². The highest BCUT2D eigenvalue weighted by Gasteiger charge is 2.07. The van der Waals surface area contributed by atoms with Crippen LogP contribution in [0.5, 0.6) is 0 Å². The summed E-state index contributed by atoms with van der Waals surface area (Å²) >= 11 is 2.02. The minimum atomic E-state index is -0.429. The van der Waals surface area contributed by atoms with Crippen LogP contribution < -0.4 is 0 Å². The number of hydrogen-bond acceptors (Lipinski definition) is 4. The van der Waals surface area contributed by atoms with Gasteiger partial charge in [-0.3, -0.25) is 0 Å². The molecule has 1 aromatic heterocycles. The number of ether oxygens (including phenoxy) is 1. The van der Waals surface area contributed by atoms with Gasteiger partial charge in [-0.1, -0.05) is 0 Å². The van der Waals surface area contributed by atoms with Gasteiger partial charge in [-0.05, 0) is 29.5 Å². The van der Waals surface area contributed by atoms with Gasteiger partial charge < -0.3 is 4.74 Å². The van der Waals surface area contributed by atoms with E-state index >= 15 is 0 Å². The van der Waals surface area contributed by atoms with Crippen LogP contribution in [-0.2, 0) is 4.74 Å². The summed E-state index contributed by atoms with van der Waals surface area (Å²) in [4.78, 5) is 18.8. The predicted octanol–water partition coefficient (Wildman–Crippen LogP) is 1.26. The lowest BCUT2D eigenvalue weighted by Crippen LogP contribution is -2.07. The van der Waals surface area contributed by atoms with Crippen LogP contribution in [0.1, 0.15) is 17.4 Å². The van der Waals surface area contributed by atoms with Crippen molar-refractivity contribution < 1.29 is 9.53 Å². The van der Waals surface area contributed by atoms with Crippen molar-refractivity contribution in [2.24, 2.45) is 0 Å². The Balaban J connectivity index is 2.75. The summed E-state index contributed by atoms with van der Waals surface area (Å²) in [5, 5.41) is 0. The SMILES string of the molecule is CCOC(=O)c1cnc(I)cn1. The first-order valence-electron chi connectivity index (χ1n) is 3.38. The van der Waals surface area contributed by atoms with Crippen molar-refractivity contribution >= 4 is 28.6 Å². The molecular formula is C7H7IN2O2. The van der Waals surface area contributed by atoms with Crippen LogP contribution in [0.4, 0.5) is 0 Å². The van der Waals surface area contributed by atoms with E-state index in [0.717, 1.165) is 3.70 Å². The van der Waals surface area contributed by atoms with Crippen molar-refractivity contribution in [3.63, 3.8) is 0 Å². The molecule has 0 aliphatic rings. The number of carbonyl (C=O) groups excluding carboxylic acids is 1. The molecular weight excluding hydrogens is 271 g/mol. The number of carbonyl (C=O) groups is 1. The normalized spacial score (nSPS) is 9.50. The molecule has 1 heterocycles. The Labute approximate surface area is 83.5 Å². The van der Waals surface area contributed by atoms with Gasteiger partial charge >= 0.3 is 5.97 Å². The van der Waals surface area contributed by atoms with Gasteiger partial charge in [-0.25, -0.2) is 14.8 Å². The summed E-state index contributed by atoms with van der Waals surface area (Å²) in [6.45, 7) is 2.10. The zero-order chi connectivity index (χ0) is 8.97. The first-order valence-corrected chi connectivity index (χ1v) is 4.46. The van der Waals surface area contributed by atoms with E-state index in [0.29, 0.717) is 6.61 Å². The number of aromatic nitrogens is 2. The third-order valence-corrected chi connectivity index (χ3v) is 1.66. The van der Waals surface area contributed by atoms with E-state index < -0.39 is 5.97 Å². The second-order valence-corrected chi connectivity index (χ2v) is 3.05. The predicted molar refractivity (Wildman–Crippen MR) is 50.7 cm³/mol. The maximum absolute atomic E-state index is 11.0. The molecule has 0 saturated heterocycles. The van der Waals surface area contributed by atoms with Crippen LogP contribution in [0.25, 0.3) is 0 Å². The quantitative estimate of drug-likeness (QED) is 0.603. The molecule has 0 aliphatic carbocycles. The third kappa shape index (κ3) is 2.40. The zero-order valence-corrected chi connectivity index (χ0v) is 8.61. The van der Waals surface area contributed by atoms with Gasteiger partial charge in [0.15, 0.2) is 5.69 Å². The number of nitrogens with zero attached hydrogens (tertiary/aromatic N) is 2. The summed E-state index contributed by atoms with van der Waals surface area (Å²) in [5.41, 5.74) is 0.247. The topological polar surface area (TPSA) is 52.1 Å². The van der Waals surface area contributed by atoms with E-state index in [1.807, 2.05) is 22.6 Å². The molecule has 64 valence electrons. The Kier molecular flexibility index (Phi) is 3.39. The minimum Gasteiger partial charge on any atom is -0.461 e. The van der Waals surface area contributed by atoms with Gasteiger partial charge in [-0.2, -0.15) is 0 Å². The second kappa shape index (κ2) is 4.34. The van der Waals surface area contributed by atoms with Crippen LogP contribution in [-0.4, -0.2) is 22.5 Å². The minimum absolute atomic E-state index is 0.247. The molecule has 0 atom stereocenters. The highest BCUT2D eigenvalue weighted by molar-refractivity contribution is 14.1. The molecule has 0 fully saturated rings. The average Bonchev–Trinajstić information content (AvgIpc) is 2.06. The van der Waals surface area contributed by atoms with E-state index in [2.05, 4.69) is 9.97 Å². The Morgan fingerprint density at radius 1 is 1.58 bits per heavy atom. The standard InChI is InChI=1S/C7H7IN2O2/c1-2-12-7(11)5-3-10-6(8)4-9-5/h3-4H,2H2,1H3. The summed E-state index contributed by atoms with van der Waals surface area (Å²) < 4.78 is 5.47. The first-order chi connectivity index (χ1) is 5.74. The highest BCUT2D eigenvalue weighted by Crippen LogP contribution is 1.99. The molecule has 12 heavy (non-hydrogen) atoms. The van der Waals surface area contributed by atoms with Crippen molar-refractivity contribution in [2.75, 3.05) is 6.61 Å². The Hall–Kier alpha value is -0.720. The average molecular weight is 278 g/mol. The Morgan fingerprint density at radius 2 is 2.33 bits per heavy atom. The van der Waals surface area contributed by atoms with Crippen molar-refractivity contribution in [2.45, 2.75) is 6.92 Å². The third-order valence-electron chi connectivity index (χ3n) is 1.10. The number of rotatable bonds is 2. The lowest BCUT2D eigenvalue weighted by atomic mass is 10.5. The second-order valence-electron chi connectivity index (χ2n) is 1.94. The molecule has 5 heteroatoms. The molecule has 0 bridgehead atoms. The highest BCUT2D eigenvalue weighted by atomic mass is 127. The van der Waals surface area contributed by atoms with Crippen LogP contribution in [0.3, 0.4) is 0 Å². The molecule has 4 nitrogen and oxygen atoms in total. The largest absolute Gasteiger partial charge is 0.461 e. The zero-order valence-electron chi connectivity index (χ0n) is 6.45. The fourth-order valence-electron chi connectivity index (χ4n) is 0.623. The molecule has 0 aliphatic heterocycles. The van der Waals surface area contributed by atoms with E-state index in [9.17, 15) is 4.79 Å². The first kappa shape index (κ1) is 9.37. The summed E-state index contributed by atoms with van der Waals surface area (Å²) in [6.07, 6.45) is 2.92. The van der Waals surface area contributed by atoms with E-state index in [1.54, 1.807) is 6.92 Å². The van der Waals surface area contributed by atoms with Crippen molar-refractivity contribution in [1.82, 2.24) is 9.97 Å². The van der Waals surface area contributed by atoms with E-state index in [4.69, 9.17) is 4.74 Å². The van der Waals surface area contributed by atoms with Gasteiger partial charge in [0.1, 0.15) is 3.70 Å². The van der Waals surface area contributed by atoms with Gasteiger partial charge in [0.25, 0.3) is 0 Å². The molecule has 1 aromatic rings. The molecule has 0 radical (unpaired) electrons. The van der Waals surface area contributed by atoms with Gasteiger partial charge in [0.05, 0.1) is 19.0 Å². The van der Waals surface area contributed by atoms with Crippen LogP contribution in [0.2, 0.25) is 0 Å². The molecule has 0 unspecified atom stereocenters. The smallest absolute Gasteiger partial charge is 0.358 e. The molecule has 0 amide bonds. The molecule has 0 saturated carbocycles. The number of hydrogen-bond donors (Lipinski definition) is 0. The van der Waals surface area contributed by atoms with Gasteiger partial charge in [-0.15, -0.1) is 0 Å². The van der Waals surface area contributed by atoms with Gasteiger partial charge in [0.2, 0.25) is 0 Å². The van der Waals surface area contributed by atoms with Gasteiger partial charge in [0, 0.05) is 0 Å². The number of halogens is 1. The molecule has 0 N–H and O–H groups in total.